The van der Waals surface area contributed by atoms with E-state index in [0.717, 1.165) is 4.90 Å². The van der Waals surface area contributed by atoms with E-state index in [2.05, 4.69) is 0 Å². The summed E-state index contributed by atoms with van der Waals surface area (Å²) in [6.07, 6.45) is -0.792. The first-order valence-corrected chi connectivity index (χ1v) is 10.0. The molecule has 2 atom stereocenters. The normalized spacial score (nSPS) is 20.0. The van der Waals surface area contributed by atoms with Gasteiger partial charge in [0.05, 0.1) is 18.4 Å². The van der Waals surface area contributed by atoms with Crippen LogP contribution in [0.2, 0.25) is 0 Å². The Morgan fingerprint density at radius 1 is 1.17 bits per heavy atom. The second kappa shape index (κ2) is 8.40. The van der Waals surface area contributed by atoms with Crippen LogP contribution in [-0.2, 0) is 20.7 Å². The maximum Gasteiger partial charge on any atom is 0.410 e. The molecule has 0 saturated carbocycles. The predicted octanol–water partition coefficient (Wildman–Crippen LogP) is 4.27. The molecule has 1 aromatic rings. The molecule has 1 aliphatic rings. The fourth-order valence-corrected chi connectivity index (χ4v) is 3.44. The van der Waals surface area contributed by atoms with Crippen molar-refractivity contribution in [2.45, 2.75) is 65.1 Å². The van der Waals surface area contributed by atoms with Crippen LogP contribution in [0.15, 0.2) is 24.3 Å². The van der Waals surface area contributed by atoms with Crippen LogP contribution in [0, 0.1) is 11.8 Å². The number of nitrogen functional groups attached to an aromatic ring is 1. The number of carbonyl (C=O) groups excluding carboxylic acids is 2. The molecule has 8 heteroatoms. The van der Waals surface area contributed by atoms with Gasteiger partial charge in [0.15, 0.2) is 0 Å². The second-order valence-corrected chi connectivity index (χ2v) is 9.82. The summed E-state index contributed by atoms with van der Waals surface area (Å²) in [6.45, 7) is 8.95. The van der Waals surface area contributed by atoms with Crippen molar-refractivity contribution in [3.05, 3.63) is 29.8 Å². The summed E-state index contributed by atoms with van der Waals surface area (Å²) < 4.78 is 40.7. The molecule has 0 bridgehead atoms. The van der Waals surface area contributed by atoms with E-state index < -0.39 is 47.6 Å². The maximum atomic E-state index is 15.0. The monoisotopic (exact) mass is 426 g/mol. The molecule has 0 aromatic heterocycles. The van der Waals surface area contributed by atoms with Crippen molar-refractivity contribution in [3.8, 4) is 0 Å². The van der Waals surface area contributed by atoms with Crippen LogP contribution in [0.5, 0.6) is 0 Å². The maximum absolute atomic E-state index is 15.0. The number of rotatable bonds is 4. The Hall–Kier alpha value is -2.38. The first-order valence-electron chi connectivity index (χ1n) is 10.0. The van der Waals surface area contributed by atoms with Gasteiger partial charge in [-0.3, -0.25) is 4.79 Å². The Morgan fingerprint density at radius 3 is 2.30 bits per heavy atom. The van der Waals surface area contributed by atoms with Gasteiger partial charge in [0.25, 0.3) is 5.92 Å². The van der Waals surface area contributed by atoms with Crippen LogP contribution in [0.25, 0.3) is 0 Å². The Labute approximate surface area is 176 Å². The standard InChI is InChI=1S/C22H32F2N2O4/c1-20(2,3)29-18(27)16(11-14-8-7-9-15(25)10-14)17-12-26(13-22(17,23)24)19(28)30-21(4,5)6/h7-10,16-17H,11-13,25H2,1-6H3. The Morgan fingerprint density at radius 2 is 1.77 bits per heavy atom. The number of hydrogen-bond donors (Lipinski definition) is 1. The zero-order valence-electron chi connectivity index (χ0n) is 18.5. The van der Waals surface area contributed by atoms with Crippen molar-refractivity contribution in [2.75, 3.05) is 18.8 Å². The van der Waals surface area contributed by atoms with Crippen molar-refractivity contribution in [2.24, 2.45) is 11.8 Å². The summed E-state index contributed by atoms with van der Waals surface area (Å²) in [5, 5.41) is 0. The lowest BCUT2D eigenvalue weighted by atomic mass is 9.84. The molecule has 168 valence electrons. The fraction of sp³-hybridized carbons (Fsp3) is 0.636. The number of nitrogens with zero attached hydrogens (tertiary/aromatic N) is 1. The molecular weight excluding hydrogens is 394 g/mol. The molecule has 30 heavy (non-hydrogen) atoms. The number of ether oxygens (including phenoxy) is 2. The van der Waals surface area contributed by atoms with E-state index in [1.807, 2.05) is 0 Å². The van der Waals surface area contributed by atoms with Gasteiger partial charge in [-0.05, 0) is 65.7 Å². The molecule has 2 rings (SSSR count). The van der Waals surface area contributed by atoms with Gasteiger partial charge in [-0.1, -0.05) is 12.1 Å². The molecule has 1 aromatic carbocycles. The van der Waals surface area contributed by atoms with E-state index in [9.17, 15) is 18.4 Å². The Balaban J connectivity index is 2.31. The van der Waals surface area contributed by atoms with Crippen molar-refractivity contribution in [3.63, 3.8) is 0 Å². The summed E-state index contributed by atoms with van der Waals surface area (Å²) in [5.74, 6) is -6.53. The number of amides is 1. The van der Waals surface area contributed by atoms with Crippen molar-refractivity contribution in [1.29, 1.82) is 0 Å². The predicted molar refractivity (Wildman–Crippen MR) is 110 cm³/mol. The van der Waals surface area contributed by atoms with E-state index in [-0.39, 0.29) is 13.0 Å². The largest absolute Gasteiger partial charge is 0.460 e. The van der Waals surface area contributed by atoms with Crippen molar-refractivity contribution in [1.82, 2.24) is 4.90 Å². The minimum atomic E-state index is -3.27. The summed E-state index contributed by atoms with van der Waals surface area (Å²) in [4.78, 5) is 26.2. The summed E-state index contributed by atoms with van der Waals surface area (Å²) in [7, 11) is 0. The molecule has 1 fully saturated rings. The Kier molecular flexibility index (Phi) is 6.69. The first kappa shape index (κ1) is 23.9. The number of nitrogens with two attached hydrogens (primary N) is 1. The van der Waals surface area contributed by atoms with Gasteiger partial charge in [-0.2, -0.15) is 0 Å². The number of benzene rings is 1. The average Bonchev–Trinajstić information content (AvgIpc) is 2.85. The van der Waals surface area contributed by atoms with Gasteiger partial charge in [0.1, 0.15) is 11.2 Å². The second-order valence-electron chi connectivity index (χ2n) is 9.82. The van der Waals surface area contributed by atoms with Crippen LogP contribution < -0.4 is 5.73 Å². The summed E-state index contributed by atoms with van der Waals surface area (Å²) in [6, 6.07) is 6.76. The quantitative estimate of drug-likeness (QED) is 0.574. The van der Waals surface area contributed by atoms with E-state index in [4.69, 9.17) is 15.2 Å². The lowest BCUT2D eigenvalue weighted by Crippen LogP contribution is -2.41. The minimum Gasteiger partial charge on any atom is -0.460 e. The first-order chi connectivity index (χ1) is 13.6. The SMILES string of the molecule is CC(C)(C)OC(=O)C(Cc1cccc(N)c1)C1CN(C(=O)OC(C)(C)C)CC1(F)F. The minimum absolute atomic E-state index is 0.0301. The molecule has 0 aliphatic carbocycles. The third-order valence-electron chi connectivity index (χ3n) is 4.61. The molecule has 0 spiro atoms. The topological polar surface area (TPSA) is 81.9 Å². The summed E-state index contributed by atoms with van der Waals surface area (Å²) in [5.41, 5.74) is 5.29. The van der Waals surface area contributed by atoms with Gasteiger partial charge in [0, 0.05) is 12.2 Å². The van der Waals surface area contributed by atoms with E-state index >= 15 is 0 Å². The molecule has 0 radical (unpaired) electrons. The highest BCUT2D eigenvalue weighted by atomic mass is 19.3. The number of esters is 1. The highest BCUT2D eigenvalue weighted by Gasteiger charge is 2.55. The van der Waals surface area contributed by atoms with Gasteiger partial charge in [0.2, 0.25) is 0 Å². The lowest BCUT2D eigenvalue weighted by molar-refractivity contribution is -0.166. The lowest BCUT2D eigenvalue weighted by Gasteiger charge is -2.29. The van der Waals surface area contributed by atoms with Crippen LogP contribution in [0.1, 0.15) is 47.1 Å². The summed E-state index contributed by atoms with van der Waals surface area (Å²) >= 11 is 0. The van der Waals surface area contributed by atoms with E-state index in [1.54, 1.807) is 65.8 Å². The molecule has 2 N–H and O–H groups in total. The molecule has 1 aliphatic heterocycles. The van der Waals surface area contributed by atoms with Crippen LogP contribution in [0.3, 0.4) is 0 Å². The van der Waals surface area contributed by atoms with Crippen molar-refractivity contribution >= 4 is 17.7 Å². The number of anilines is 1. The third kappa shape index (κ3) is 6.57. The average molecular weight is 427 g/mol. The van der Waals surface area contributed by atoms with Crippen LogP contribution in [-0.4, -0.2) is 47.2 Å². The number of halogens is 2. The van der Waals surface area contributed by atoms with Gasteiger partial charge in [-0.25, -0.2) is 13.6 Å². The molecular formula is C22H32F2N2O4. The van der Waals surface area contributed by atoms with Gasteiger partial charge in [-0.15, -0.1) is 0 Å². The molecule has 1 amide bonds. The zero-order chi connectivity index (χ0) is 22.9. The van der Waals surface area contributed by atoms with Gasteiger partial charge < -0.3 is 20.1 Å². The van der Waals surface area contributed by atoms with Crippen LogP contribution in [0.4, 0.5) is 19.3 Å². The number of carbonyl (C=O) groups is 2. The highest BCUT2D eigenvalue weighted by molar-refractivity contribution is 5.75. The number of hydrogen-bond acceptors (Lipinski definition) is 5. The van der Waals surface area contributed by atoms with E-state index in [1.165, 1.54) is 0 Å². The van der Waals surface area contributed by atoms with Crippen LogP contribution >= 0.6 is 0 Å². The smallest absolute Gasteiger partial charge is 0.410 e. The molecule has 2 unspecified atom stereocenters. The van der Waals surface area contributed by atoms with E-state index in [0.29, 0.717) is 11.3 Å². The number of alkyl halides is 2. The zero-order valence-corrected chi connectivity index (χ0v) is 18.5. The molecule has 1 saturated heterocycles. The Bertz CT molecular complexity index is 784. The molecule has 1 heterocycles. The number of likely N-dealkylation sites (tertiary alicyclic amines) is 1. The van der Waals surface area contributed by atoms with Gasteiger partial charge >= 0.3 is 12.1 Å². The highest BCUT2D eigenvalue weighted by Crippen LogP contribution is 2.40. The fourth-order valence-electron chi connectivity index (χ4n) is 3.44. The third-order valence-corrected chi connectivity index (χ3v) is 4.61. The molecule has 6 nitrogen and oxygen atoms in total. The van der Waals surface area contributed by atoms with Crippen molar-refractivity contribution < 1.29 is 27.8 Å².